The fourth-order valence-corrected chi connectivity index (χ4v) is 2.18. The zero-order chi connectivity index (χ0) is 11.4. The highest BCUT2D eigenvalue weighted by atomic mass is 19.1. The molecule has 0 spiro atoms. The van der Waals surface area contributed by atoms with Gasteiger partial charge in [0.05, 0.1) is 0 Å². The summed E-state index contributed by atoms with van der Waals surface area (Å²) in [5.74, 6) is -0.164. The second-order valence-electron chi connectivity index (χ2n) is 4.43. The van der Waals surface area contributed by atoms with Crippen molar-refractivity contribution in [2.75, 3.05) is 31.5 Å². The summed E-state index contributed by atoms with van der Waals surface area (Å²) in [7, 11) is 0. The van der Waals surface area contributed by atoms with Crippen molar-refractivity contribution < 1.29 is 4.39 Å². The number of nitrogens with one attached hydrogen (secondary N) is 1. The summed E-state index contributed by atoms with van der Waals surface area (Å²) in [5.41, 5.74) is 2.02. The molecular formula is C13H19FN2. The first kappa shape index (κ1) is 11.4. The van der Waals surface area contributed by atoms with Crippen molar-refractivity contribution in [3.63, 3.8) is 0 Å². The minimum atomic E-state index is -0.164. The van der Waals surface area contributed by atoms with E-state index >= 15 is 0 Å². The van der Waals surface area contributed by atoms with Crippen molar-refractivity contribution >= 4 is 5.69 Å². The SMILES string of the molecule is Cc1cc(F)ccc1NCCN1CCCC1. The first-order valence-corrected chi connectivity index (χ1v) is 5.98. The van der Waals surface area contributed by atoms with Gasteiger partial charge in [-0.3, -0.25) is 0 Å². The summed E-state index contributed by atoms with van der Waals surface area (Å²) < 4.78 is 12.9. The van der Waals surface area contributed by atoms with E-state index in [0.717, 1.165) is 24.3 Å². The number of likely N-dealkylation sites (tertiary alicyclic amines) is 1. The molecule has 0 bridgehead atoms. The van der Waals surface area contributed by atoms with E-state index in [2.05, 4.69) is 10.2 Å². The summed E-state index contributed by atoms with van der Waals surface area (Å²) in [6.07, 6.45) is 2.66. The van der Waals surface area contributed by atoms with E-state index < -0.39 is 0 Å². The molecule has 1 N–H and O–H groups in total. The number of hydrogen-bond acceptors (Lipinski definition) is 2. The van der Waals surface area contributed by atoms with Crippen molar-refractivity contribution in [3.8, 4) is 0 Å². The lowest BCUT2D eigenvalue weighted by Crippen LogP contribution is -2.26. The summed E-state index contributed by atoms with van der Waals surface area (Å²) in [4.78, 5) is 2.46. The molecule has 0 saturated carbocycles. The quantitative estimate of drug-likeness (QED) is 0.842. The third kappa shape index (κ3) is 2.95. The molecule has 2 nitrogen and oxygen atoms in total. The molecule has 1 aromatic carbocycles. The van der Waals surface area contributed by atoms with Crippen molar-refractivity contribution in [3.05, 3.63) is 29.6 Å². The summed E-state index contributed by atoms with van der Waals surface area (Å²) in [6.45, 7) is 6.40. The van der Waals surface area contributed by atoms with Gasteiger partial charge >= 0.3 is 0 Å². The first-order valence-electron chi connectivity index (χ1n) is 5.98. The Morgan fingerprint density at radius 1 is 1.31 bits per heavy atom. The van der Waals surface area contributed by atoms with Crippen LogP contribution in [0.2, 0.25) is 0 Å². The van der Waals surface area contributed by atoms with Crippen LogP contribution in [0, 0.1) is 12.7 Å². The van der Waals surface area contributed by atoms with E-state index in [4.69, 9.17) is 0 Å². The molecule has 1 aliphatic heterocycles. The molecule has 1 saturated heterocycles. The van der Waals surface area contributed by atoms with E-state index in [1.165, 1.54) is 32.0 Å². The van der Waals surface area contributed by atoms with Crippen LogP contribution in [0.1, 0.15) is 18.4 Å². The van der Waals surface area contributed by atoms with Crippen LogP contribution in [0.3, 0.4) is 0 Å². The molecule has 0 aromatic heterocycles. The average molecular weight is 222 g/mol. The lowest BCUT2D eigenvalue weighted by atomic mass is 10.2. The van der Waals surface area contributed by atoms with Crippen LogP contribution in [0.15, 0.2) is 18.2 Å². The molecule has 0 unspecified atom stereocenters. The van der Waals surface area contributed by atoms with Crippen molar-refractivity contribution in [2.45, 2.75) is 19.8 Å². The van der Waals surface area contributed by atoms with E-state index in [0.29, 0.717) is 0 Å². The maximum Gasteiger partial charge on any atom is 0.123 e. The normalized spacial score (nSPS) is 16.6. The van der Waals surface area contributed by atoms with Crippen LogP contribution >= 0.6 is 0 Å². The fraction of sp³-hybridized carbons (Fsp3) is 0.538. The second kappa shape index (κ2) is 5.30. The second-order valence-corrected chi connectivity index (χ2v) is 4.43. The first-order chi connectivity index (χ1) is 7.75. The van der Waals surface area contributed by atoms with E-state index in [-0.39, 0.29) is 5.82 Å². The molecule has 16 heavy (non-hydrogen) atoms. The molecule has 1 aromatic rings. The van der Waals surface area contributed by atoms with Crippen molar-refractivity contribution in [2.24, 2.45) is 0 Å². The monoisotopic (exact) mass is 222 g/mol. The Hall–Kier alpha value is -1.09. The standard InChI is InChI=1S/C13H19FN2/c1-11-10-12(14)4-5-13(11)15-6-9-16-7-2-3-8-16/h4-5,10,15H,2-3,6-9H2,1H3. The highest BCUT2D eigenvalue weighted by molar-refractivity contribution is 5.50. The molecular weight excluding hydrogens is 203 g/mol. The van der Waals surface area contributed by atoms with Crippen LogP contribution in [-0.2, 0) is 0 Å². The summed E-state index contributed by atoms with van der Waals surface area (Å²) in [5, 5.41) is 3.36. The van der Waals surface area contributed by atoms with Gasteiger partial charge in [0.25, 0.3) is 0 Å². The molecule has 0 radical (unpaired) electrons. The molecule has 2 rings (SSSR count). The Balaban J connectivity index is 1.80. The van der Waals surface area contributed by atoms with Crippen molar-refractivity contribution in [1.82, 2.24) is 4.90 Å². The molecule has 1 fully saturated rings. The lowest BCUT2D eigenvalue weighted by molar-refractivity contribution is 0.352. The fourth-order valence-electron chi connectivity index (χ4n) is 2.18. The third-order valence-electron chi connectivity index (χ3n) is 3.13. The number of aryl methyl sites for hydroxylation is 1. The predicted molar refractivity (Wildman–Crippen MR) is 65.3 cm³/mol. The Morgan fingerprint density at radius 3 is 2.75 bits per heavy atom. The maximum absolute atomic E-state index is 12.9. The van der Waals surface area contributed by atoms with Crippen LogP contribution in [0.5, 0.6) is 0 Å². The third-order valence-corrected chi connectivity index (χ3v) is 3.13. The van der Waals surface area contributed by atoms with Gasteiger partial charge in [0, 0.05) is 18.8 Å². The Labute approximate surface area is 96.5 Å². The Kier molecular flexibility index (Phi) is 3.78. The van der Waals surface area contributed by atoms with Gasteiger partial charge in [-0.1, -0.05) is 0 Å². The van der Waals surface area contributed by atoms with Crippen molar-refractivity contribution in [1.29, 1.82) is 0 Å². The van der Waals surface area contributed by atoms with E-state index in [1.54, 1.807) is 6.07 Å². The predicted octanol–water partition coefficient (Wildman–Crippen LogP) is 2.64. The topological polar surface area (TPSA) is 15.3 Å². The minimum Gasteiger partial charge on any atom is -0.384 e. The maximum atomic E-state index is 12.9. The van der Waals surface area contributed by atoms with Gasteiger partial charge in [-0.2, -0.15) is 0 Å². The zero-order valence-electron chi connectivity index (χ0n) is 9.80. The largest absolute Gasteiger partial charge is 0.384 e. The minimum absolute atomic E-state index is 0.164. The number of hydrogen-bond donors (Lipinski definition) is 1. The zero-order valence-corrected chi connectivity index (χ0v) is 9.80. The summed E-state index contributed by atoms with van der Waals surface area (Å²) >= 11 is 0. The molecule has 1 aliphatic rings. The summed E-state index contributed by atoms with van der Waals surface area (Å²) in [6, 6.07) is 4.89. The lowest BCUT2D eigenvalue weighted by Gasteiger charge is -2.16. The number of rotatable bonds is 4. The average Bonchev–Trinajstić information content (AvgIpc) is 2.74. The molecule has 0 atom stereocenters. The van der Waals surface area contributed by atoms with Crippen LogP contribution in [0.25, 0.3) is 0 Å². The molecule has 88 valence electrons. The smallest absolute Gasteiger partial charge is 0.123 e. The van der Waals surface area contributed by atoms with Crippen LogP contribution in [-0.4, -0.2) is 31.1 Å². The van der Waals surface area contributed by atoms with Crippen LogP contribution < -0.4 is 5.32 Å². The number of benzene rings is 1. The molecule has 0 aliphatic carbocycles. The Bertz CT molecular complexity index is 346. The van der Waals surface area contributed by atoms with Gasteiger partial charge < -0.3 is 10.2 Å². The van der Waals surface area contributed by atoms with Gasteiger partial charge in [-0.15, -0.1) is 0 Å². The Morgan fingerprint density at radius 2 is 2.06 bits per heavy atom. The van der Waals surface area contributed by atoms with Gasteiger partial charge in [0.1, 0.15) is 5.82 Å². The van der Waals surface area contributed by atoms with Gasteiger partial charge in [0.15, 0.2) is 0 Å². The molecule has 0 amide bonds. The highest BCUT2D eigenvalue weighted by Crippen LogP contribution is 2.15. The van der Waals surface area contributed by atoms with Crippen LogP contribution in [0.4, 0.5) is 10.1 Å². The van der Waals surface area contributed by atoms with Gasteiger partial charge in [-0.05, 0) is 56.6 Å². The highest BCUT2D eigenvalue weighted by Gasteiger charge is 2.10. The van der Waals surface area contributed by atoms with Gasteiger partial charge in [0.2, 0.25) is 0 Å². The van der Waals surface area contributed by atoms with E-state index in [9.17, 15) is 4.39 Å². The molecule has 1 heterocycles. The number of anilines is 1. The van der Waals surface area contributed by atoms with Gasteiger partial charge in [-0.25, -0.2) is 4.39 Å². The molecule has 3 heteroatoms. The number of halogens is 1. The number of nitrogens with zero attached hydrogens (tertiary/aromatic N) is 1. The van der Waals surface area contributed by atoms with E-state index in [1.807, 2.05) is 13.0 Å².